The zero-order valence-corrected chi connectivity index (χ0v) is 9.52. The molecule has 1 aliphatic rings. The smallest absolute Gasteiger partial charge is 0.214 e. The second kappa shape index (κ2) is 6.24. The Morgan fingerprint density at radius 2 is 2.00 bits per heavy atom. The molecule has 1 rings (SSSR count). The van der Waals surface area contributed by atoms with Gasteiger partial charge in [0.05, 0.1) is 7.11 Å². The van der Waals surface area contributed by atoms with Crippen molar-refractivity contribution in [2.75, 3.05) is 40.3 Å². The van der Waals surface area contributed by atoms with Crippen molar-refractivity contribution in [2.24, 2.45) is 4.99 Å². The average Bonchev–Trinajstić information content (AvgIpc) is 2.26. The Kier molecular flexibility index (Phi) is 4.90. The van der Waals surface area contributed by atoms with Crippen molar-refractivity contribution in [3.8, 4) is 0 Å². The lowest BCUT2D eigenvalue weighted by molar-refractivity contribution is 0.198. The van der Waals surface area contributed by atoms with Gasteiger partial charge in [-0.2, -0.15) is 0 Å². The van der Waals surface area contributed by atoms with Crippen LogP contribution in [0.15, 0.2) is 30.0 Å². The molecular formula is C11H19N3O. The molecule has 0 atom stereocenters. The van der Waals surface area contributed by atoms with E-state index in [2.05, 4.69) is 28.4 Å². The van der Waals surface area contributed by atoms with Crippen LogP contribution >= 0.6 is 0 Å². The van der Waals surface area contributed by atoms with E-state index in [1.165, 1.54) is 6.20 Å². The minimum atomic E-state index is 0.587. The number of hydrogen-bond donors (Lipinski definition) is 0. The van der Waals surface area contributed by atoms with Crippen LogP contribution in [-0.2, 0) is 4.74 Å². The van der Waals surface area contributed by atoms with E-state index in [1.54, 1.807) is 7.11 Å². The van der Waals surface area contributed by atoms with Gasteiger partial charge in [-0.3, -0.25) is 0 Å². The molecule has 0 aromatic heterocycles. The first kappa shape index (κ1) is 11.8. The summed E-state index contributed by atoms with van der Waals surface area (Å²) in [5.74, 6) is 0.587. The second-order valence-corrected chi connectivity index (χ2v) is 3.51. The third-order valence-electron chi connectivity index (χ3n) is 2.39. The Hall–Kier alpha value is -1.29. The fourth-order valence-corrected chi connectivity index (χ4v) is 1.39. The lowest BCUT2D eigenvalue weighted by Gasteiger charge is -2.31. The summed E-state index contributed by atoms with van der Waals surface area (Å²) in [5.41, 5.74) is 0. The monoisotopic (exact) mass is 209 g/mol. The quantitative estimate of drug-likeness (QED) is 0.511. The van der Waals surface area contributed by atoms with Gasteiger partial charge in [0.25, 0.3) is 0 Å². The summed E-state index contributed by atoms with van der Waals surface area (Å²) in [7, 11) is 3.75. The summed E-state index contributed by atoms with van der Waals surface area (Å²) in [5, 5.41) is 0. The molecule has 0 aromatic rings. The summed E-state index contributed by atoms with van der Waals surface area (Å²) >= 11 is 0. The minimum Gasteiger partial charge on any atom is -0.481 e. The van der Waals surface area contributed by atoms with Gasteiger partial charge in [-0.25, -0.2) is 4.99 Å². The Labute approximate surface area is 91.5 Å². The lowest BCUT2D eigenvalue weighted by atomic mass is 10.3. The molecule has 1 fully saturated rings. The fourth-order valence-electron chi connectivity index (χ4n) is 1.39. The molecule has 4 nitrogen and oxygen atoms in total. The van der Waals surface area contributed by atoms with E-state index in [0.717, 1.165) is 26.2 Å². The van der Waals surface area contributed by atoms with Crippen LogP contribution in [-0.4, -0.2) is 56.0 Å². The predicted octanol–water partition coefficient (Wildman–Crippen LogP) is 0.936. The predicted molar refractivity (Wildman–Crippen MR) is 62.9 cm³/mol. The van der Waals surface area contributed by atoms with Crippen LogP contribution < -0.4 is 0 Å². The number of rotatable bonds is 3. The van der Waals surface area contributed by atoms with Crippen LogP contribution in [0.3, 0.4) is 0 Å². The highest BCUT2D eigenvalue weighted by Crippen LogP contribution is 1.99. The van der Waals surface area contributed by atoms with Gasteiger partial charge in [0.1, 0.15) is 0 Å². The molecule has 1 heterocycles. The summed E-state index contributed by atoms with van der Waals surface area (Å²) in [6, 6.07) is 0. The maximum atomic E-state index is 5.06. The van der Waals surface area contributed by atoms with Crippen molar-refractivity contribution < 1.29 is 4.74 Å². The zero-order valence-electron chi connectivity index (χ0n) is 9.52. The van der Waals surface area contributed by atoms with Crippen LogP contribution in [0.4, 0.5) is 0 Å². The van der Waals surface area contributed by atoms with Crippen molar-refractivity contribution in [3.05, 3.63) is 25.1 Å². The molecular weight excluding hydrogens is 190 g/mol. The van der Waals surface area contributed by atoms with E-state index >= 15 is 0 Å². The Balaban J connectivity index is 2.43. The molecule has 0 amide bonds. The molecule has 15 heavy (non-hydrogen) atoms. The summed E-state index contributed by atoms with van der Waals surface area (Å²) in [4.78, 5) is 8.56. The molecule has 1 saturated heterocycles. The van der Waals surface area contributed by atoms with E-state index in [4.69, 9.17) is 4.74 Å². The fraction of sp³-hybridized carbons (Fsp3) is 0.545. The van der Waals surface area contributed by atoms with Crippen LogP contribution in [0.25, 0.3) is 0 Å². The van der Waals surface area contributed by atoms with Gasteiger partial charge in [0.2, 0.25) is 5.90 Å². The second-order valence-electron chi connectivity index (χ2n) is 3.51. The lowest BCUT2D eigenvalue weighted by Crippen LogP contribution is -2.41. The first-order valence-electron chi connectivity index (χ1n) is 5.09. The largest absolute Gasteiger partial charge is 0.481 e. The average molecular weight is 209 g/mol. The molecule has 0 unspecified atom stereocenters. The first-order valence-corrected chi connectivity index (χ1v) is 5.09. The highest BCUT2D eigenvalue weighted by Gasteiger charge is 2.09. The summed E-state index contributed by atoms with van der Waals surface area (Å²) in [6.07, 6.45) is 5.37. The summed E-state index contributed by atoms with van der Waals surface area (Å²) < 4.78 is 5.06. The molecule has 0 aromatic carbocycles. The standard InChI is InChI=1S/C11H19N3O/c1-4-12-11(15-3)5-6-14-9-7-13(2)8-10-14/h4-6H,1,7-10H2,2-3H3/b6-5?,12-11+. The van der Waals surface area contributed by atoms with Crippen LogP contribution in [0.5, 0.6) is 0 Å². The Bertz CT molecular complexity index is 253. The molecule has 4 heteroatoms. The van der Waals surface area contributed by atoms with Gasteiger partial charge in [0, 0.05) is 44.7 Å². The first-order chi connectivity index (χ1) is 7.26. The molecule has 84 valence electrons. The molecule has 0 radical (unpaired) electrons. The minimum absolute atomic E-state index is 0.587. The third kappa shape index (κ3) is 4.16. The van der Waals surface area contributed by atoms with Crippen molar-refractivity contribution >= 4 is 5.90 Å². The number of piperazine rings is 1. The molecule has 0 aliphatic carbocycles. The topological polar surface area (TPSA) is 28.1 Å². The summed E-state index contributed by atoms with van der Waals surface area (Å²) in [6.45, 7) is 7.84. The van der Waals surface area contributed by atoms with E-state index in [1.807, 2.05) is 12.3 Å². The third-order valence-corrected chi connectivity index (χ3v) is 2.39. The van der Waals surface area contributed by atoms with Gasteiger partial charge in [-0.05, 0) is 7.05 Å². The number of ether oxygens (including phenoxy) is 1. The SMILES string of the molecule is C=C/N=C(\C=CN1CCN(C)CC1)OC. The maximum absolute atomic E-state index is 5.06. The molecule has 0 saturated carbocycles. The maximum Gasteiger partial charge on any atom is 0.214 e. The number of nitrogens with zero attached hydrogens (tertiary/aromatic N) is 3. The van der Waals surface area contributed by atoms with Crippen molar-refractivity contribution in [1.29, 1.82) is 0 Å². The van der Waals surface area contributed by atoms with Crippen molar-refractivity contribution in [2.45, 2.75) is 0 Å². The number of aliphatic imine (C=N–C) groups is 1. The molecule has 1 aliphatic heterocycles. The van der Waals surface area contributed by atoms with Gasteiger partial charge in [-0.15, -0.1) is 0 Å². The highest BCUT2D eigenvalue weighted by atomic mass is 16.5. The zero-order chi connectivity index (χ0) is 11.1. The van der Waals surface area contributed by atoms with Gasteiger partial charge in [0.15, 0.2) is 0 Å². The van der Waals surface area contributed by atoms with Crippen molar-refractivity contribution in [1.82, 2.24) is 9.80 Å². The van der Waals surface area contributed by atoms with E-state index in [-0.39, 0.29) is 0 Å². The Morgan fingerprint density at radius 3 is 2.53 bits per heavy atom. The van der Waals surface area contributed by atoms with Gasteiger partial charge < -0.3 is 14.5 Å². The van der Waals surface area contributed by atoms with Gasteiger partial charge >= 0.3 is 0 Å². The highest BCUT2D eigenvalue weighted by molar-refractivity contribution is 5.87. The van der Waals surface area contributed by atoms with E-state index < -0.39 is 0 Å². The van der Waals surface area contributed by atoms with Gasteiger partial charge in [-0.1, -0.05) is 6.58 Å². The van der Waals surface area contributed by atoms with E-state index in [9.17, 15) is 0 Å². The van der Waals surface area contributed by atoms with Crippen LogP contribution in [0.1, 0.15) is 0 Å². The Morgan fingerprint density at radius 1 is 1.33 bits per heavy atom. The van der Waals surface area contributed by atoms with Crippen molar-refractivity contribution in [3.63, 3.8) is 0 Å². The molecule has 0 spiro atoms. The number of likely N-dealkylation sites (N-methyl/N-ethyl adjacent to an activating group) is 1. The molecule has 0 N–H and O–H groups in total. The number of hydrogen-bond acceptors (Lipinski definition) is 4. The van der Waals surface area contributed by atoms with Crippen LogP contribution in [0, 0.1) is 0 Å². The molecule has 0 bridgehead atoms. The normalized spacial score (nSPS) is 19.6. The van der Waals surface area contributed by atoms with E-state index in [0.29, 0.717) is 5.90 Å². The number of methoxy groups -OCH3 is 1. The van der Waals surface area contributed by atoms with Crippen LogP contribution in [0.2, 0.25) is 0 Å².